The molecular weight excluding hydrogens is 362 g/mol. The van der Waals surface area contributed by atoms with E-state index < -0.39 is 0 Å². The molecule has 1 aromatic heterocycles. The largest absolute Gasteiger partial charge is 0.277 e. The van der Waals surface area contributed by atoms with Gasteiger partial charge in [-0.1, -0.05) is 60.7 Å². The van der Waals surface area contributed by atoms with Gasteiger partial charge in [-0.05, 0) is 25.0 Å². The van der Waals surface area contributed by atoms with Crippen LogP contribution in [-0.4, -0.2) is 26.5 Å². The van der Waals surface area contributed by atoms with Crippen LogP contribution < -0.4 is 0 Å². The molecule has 2 atom stereocenters. The maximum absolute atomic E-state index is 12.9. The standard InChI is InChI=1S/C24H21N3O2/c28-23-20-13-7-8-14-21(20)24(29)26(23)15-18-16-27(19-11-5-2-6-12-19)25-22(18)17-9-3-1-4-10-17/h1-12,16,20-21H,13-15H2/t20-,21-/m0/s1. The van der Waals surface area contributed by atoms with Crippen molar-refractivity contribution in [2.75, 3.05) is 0 Å². The summed E-state index contributed by atoms with van der Waals surface area (Å²) in [4.78, 5) is 27.3. The van der Waals surface area contributed by atoms with Crippen LogP contribution in [0.5, 0.6) is 0 Å². The maximum Gasteiger partial charge on any atom is 0.233 e. The summed E-state index contributed by atoms with van der Waals surface area (Å²) >= 11 is 0. The Kier molecular flexibility index (Phi) is 4.35. The molecule has 2 amide bonds. The highest BCUT2D eigenvalue weighted by molar-refractivity contribution is 6.05. The van der Waals surface area contributed by atoms with E-state index in [4.69, 9.17) is 5.10 Å². The number of amides is 2. The molecule has 2 aliphatic rings. The number of para-hydroxylation sites is 1. The van der Waals surface area contributed by atoms with Crippen LogP contribution in [0.25, 0.3) is 16.9 Å². The third-order valence-electron chi connectivity index (χ3n) is 5.79. The Morgan fingerprint density at radius 3 is 2.03 bits per heavy atom. The summed E-state index contributed by atoms with van der Waals surface area (Å²) in [6.07, 6.45) is 7.26. The van der Waals surface area contributed by atoms with Gasteiger partial charge in [0.25, 0.3) is 0 Å². The molecule has 1 saturated heterocycles. The zero-order valence-electron chi connectivity index (χ0n) is 15.9. The van der Waals surface area contributed by atoms with Crippen LogP contribution in [-0.2, 0) is 16.1 Å². The van der Waals surface area contributed by atoms with Crippen molar-refractivity contribution in [3.63, 3.8) is 0 Å². The Labute approximate surface area is 169 Å². The quantitative estimate of drug-likeness (QED) is 0.506. The number of aromatic nitrogens is 2. The third-order valence-corrected chi connectivity index (χ3v) is 5.79. The minimum Gasteiger partial charge on any atom is -0.277 e. The molecule has 5 heteroatoms. The summed E-state index contributed by atoms with van der Waals surface area (Å²) in [6, 6.07) is 19.7. The SMILES string of the molecule is O=C1[C@H]2CC=CC[C@@H]2C(=O)N1Cc1cn(-c2ccccc2)nc1-c1ccccc1. The minimum absolute atomic E-state index is 0.0594. The number of hydrogen-bond donors (Lipinski definition) is 0. The molecule has 2 aromatic carbocycles. The fourth-order valence-corrected chi connectivity index (χ4v) is 4.27. The van der Waals surface area contributed by atoms with Crippen molar-refractivity contribution >= 4 is 11.8 Å². The first-order valence-electron chi connectivity index (χ1n) is 9.92. The van der Waals surface area contributed by atoms with E-state index in [9.17, 15) is 9.59 Å². The van der Waals surface area contributed by atoms with Crippen molar-refractivity contribution in [1.29, 1.82) is 0 Å². The Morgan fingerprint density at radius 2 is 1.41 bits per heavy atom. The predicted molar refractivity (Wildman–Crippen MR) is 110 cm³/mol. The molecule has 0 N–H and O–H groups in total. The first-order valence-corrected chi connectivity index (χ1v) is 9.92. The molecule has 0 saturated carbocycles. The third kappa shape index (κ3) is 3.09. The summed E-state index contributed by atoms with van der Waals surface area (Å²) in [5.41, 5.74) is 3.57. The Morgan fingerprint density at radius 1 is 0.828 bits per heavy atom. The van der Waals surface area contributed by atoms with Crippen molar-refractivity contribution in [3.05, 3.63) is 84.6 Å². The highest BCUT2D eigenvalue weighted by atomic mass is 16.2. The lowest BCUT2D eigenvalue weighted by Crippen LogP contribution is -2.30. The second-order valence-corrected chi connectivity index (χ2v) is 7.57. The Hall–Kier alpha value is -3.47. The number of fused-ring (bicyclic) bond motifs is 1. The molecule has 1 fully saturated rings. The van der Waals surface area contributed by atoms with Crippen molar-refractivity contribution in [3.8, 4) is 16.9 Å². The zero-order chi connectivity index (χ0) is 19.8. The van der Waals surface area contributed by atoms with Gasteiger partial charge in [-0.2, -0.15) is 5.10 Å². The molecule has 144 valence electrons. The smallest absolute Gasteiger partial charge is 0.233 e. The van der Waals surface area contributed by atoms with Crippen molar-refractivity contribution < 1.29 is 9.59 Å². The summed E-state index contributed by atoms with van der Waals surface area (Å²) in [5, 5.41) is 4.79. The first-order chi connectivity index (χ1) is 14.2. The number of allylic oxidation sites excluding steroid dienone is 2. The molecular formula is C24H21N3O2. The van der Waals surface area contributed by atoms with Gasteiger partial charge in [-0.25, -0.2) is 4.68 Å². The number of benzene rings is 2. The van der Waals surface area contributed by atoms with Crippen LogP contribution in [0.3, 0.4) is 0 Å². The summed E-state index contributed by atoms with van der Waals surface area (Å²) < 4.78 is 1.82. The molecule has 1 aliphatic carbocycles. The molecule has 0 unspecified atom stereocenters. The molecule has 0 spiro atoms. The van der Waals surface area contributed by atoms with Gasteiger partial charge in [0.1, 0.15) is 0 Å². The molecule has 0 radical (unpaired) electrons. The van der Waals surface area contributed by atoms with Crippen LogP contribution in [0, 0.1) is 11.8 Å². The number of hydrogen-bond acceptors (Lipinski definition) is 3. The Bertz CT molecular complexity index is 1060. The highest BCUT2D eigenvalue weighted by Gasteiger charge is 2.47. The second-order valence-electron chi connectivity index (χ2n) is 7.57. The summed E-state index contributed by atoms with van der Waals surface area (Å²) in [5.74, 6) is -0.541. The Balaban J connectivity index is 1.53. The lowest BCUT2D eigenvalue weighted by molar-refractivity contribution is -0.140. The van der Waals surface area contributed by atoms with Gasteiger partial charge in [0.2, 0.25) is 11.8 Å². The van der Waals surface area contributed by atoms with E-state index in [1.165, 1.54) is 4.90 Å². The van der Waals surface area contributed by atoms with E-state index in [0.717, 1.165) is 22.5 Å². The topological polar surface area (TPSA) is 55.2 Å². The lowest BCUT2D eigenvalue weighted by atomic mass is 9.85. The van der Waals surface area contributed by atoms with E-state index in [2.05, 4.69) is 0 Å². The van der Waals surface area contributed by atoms with Gasteiger partial charge in [-0.3, -0.25) is 14.5 Å². The fourth-order valence-electron chi connectivity index (χ4n) is 4.27. The number of nitrogens with zero attached hydrogens (tertiary/aromatic N) is 3. The number of carbonyl (C=O) groups excluding carboxylic acids is 2. The number of carbonyl (C=O) groups is 2. The average molecular weight is 383 g/mol. The number of likely N-dealkylation sites (tertiary alicyclic amines) is 1. The van der Waals surface area contributed by atoms with E-state index in [0.29, 0.717) is 12.8 Å². The van der Waals surface area contributed by atoms with Crippen molar-refractivity contribution in [1.82, 2.24) is 14.7 Å². The normalized spacial score (nSPS) is 20.9. The van der Waals surface area contributed by atoms with Crippen LogP contribution in [0.1, 0.15) is 18.4 Å². The molecule has 29 heavy (non-hydrogen) atoms. The van der Waals surface area contributed by atoms with Crippen LogP contribution in [0.15, 0.2) is 79.0 Å². The average Bonchev–Trinajstić information content (AvgIpc) is 3.31. The number of imide groups is 1. The van der Waals surface area contributed by atoms with Crippen LogP contribution >= 0.6 is 0 Å². The van der Waals surface area contributed by atoms with Gasteiger partial charge in [0.05, 0.1) is 29.8 Å². The summed E-state index contributed by atoms with van der Waals surface area (Å²) in [6.45, 7) is 0.252. The van der Waals surface area contributed by atoms with E-state index in [-0.39, 0.29) is 30.2 Å². The molecule has 2 heterocycles. The van der Waals surface area contributed by atoms with Gasteiger partial charge >= 0.3 is 0 Å². The molecule has 3 aromatic rings. The lowest BCUT2D eigenvalue weighted by Gasteiger charge is -2.14. The van der Waals surface area contributed by atoms with Crippen molar-refractivity contribution in [2.24, 2.45) is 11.8 Å². The van der Waals surface area contributed by atoms with Gasteiger partial charge in [-0.15, -0.1) is 0 Å². The molecule has 0 bridgehead atoms. The van der Waals surface area contributed by atoms with E-state index in [1.54, 1.807) is 0 Å². The zero-order valence-corrected chi connectivity index (χ0v) is 15.9. The predicted octanol–water partition coefficient (Wildman–Crippen LogP) is 3.99. The second kappa shape index (κ2) is 7.17. The molecule has 5 nitrogen and oxygen atoms in total. The van der Waals surface area contributed by atoms with Crippen LogP contribution in [0.2, 0.25) is 0 Å². The van der Waals surface area contributed by atoms with Crippen molar-refractivity contribution in [2.45, 2.75) is 19.4 Å². The molecule has 5 rings (SSSR count). The fraction of sp³-hybridized carbons (Fsp3) is 0.208. The maximum atomic E-state index is 12.9. The molecule has 1 aliphatic heterocycles. The summed E-state index contributed by atoms with van der Waals surface area (Å²) in [7, 11) is 0. The van der Waals surface area contributed by atoms with Gasteiger partial charge < -0.3 is 0 Å². The van der Waals surface area contributed by atoms with Gasteiger partial charge in [0.15, 0.2) is 0 Å². The highest BCUT2D eigenvalue weighted by Crippen LogP contribution is 2.36. The van der Waals surface area contributed by atoms with E-state index in [1.807, 2.05) is 83.7 Å². The van der Waals surface area contributed by atoms with Gasteiger partial charge in [0, 0.05) is 17.3 Å². The monoisotopic (exact) mass is 383 g/mol. The number of rotatable bonds is 4. The van der Waals surface area contributed by atoms with E-state index >= 15 is 0 Å². The first kappa shape index (κ1) is 17.6. The minimum atomic E-state index is -0.211. The van der Waals surface area contributed by atoms with Crippen LogP contribution in [0.4, 0.5) is 0 Å².